The minimum Gasteiger partial charge on any atom is -0.380 e. The van der Waals surface area contributed by atoms with Gasteiger partial charge in [0.2, 0.25) is 0 Å². The molecule has 1 rings (SSSR count). The third-order valence-corrected chi connectivity index (χ3v) is 2.73. The first-order valence-electron chi connectivity index (χ1n) is 6.04. The predicted octanol–water partition coefficient (Wildman–Crippen LogP) is 2.15. The van der Waals surface area contributed by atoms with Gasteiger partial charge in [-0.1, -0.05) is 6.07 Å². The van der Waals surface area contributed by atoms with E-state index in [2.05, 4.69) is 4.90 Å². The van der Waals surface area contributed by atoms with Gasteiger partial charge in [-0.15, -0.1) is 0 Å². The first-order chi connectivity index (χ1) is 8.24. The van der Waals surface area contributed by atoms with E-state index in [1.165, 1.54) is 6.07 Å². The van der Waals surface area contributed by atoms with Crippen molar-refractivity contribution >= 4 is 5.69 Å². The van der Waals surface area contributed by atoms with Crippen molar-refractivity contribution in [3.8, 4) is 0 Å². The summed E-state index contributed by atoms with van der Waals surface area (Å²) in [6, 6.07) is 5.07. The first kappa shape index (κ1) is 13.9. The Labute approximate surface area is 102 Å². The highest BCUT2D eigenvalue weighted by Crippen LogP contribution is 2.22. The van der Waals surface area contributed by atoms with E-state index >= 15 is 0 Å². The van der Waals surface area contributed by atoms with Crippen molar-refractivity contribution in [2.75, 3.05) is 31.2 Å². The molecule has 0 saturated carbocycles. The molecule has 0 bridgehead atoms. The Kier molecular flexibility index (Phi) is 5.94. The van der Waals surface area contributed by atoms with Crippen LogP contribution in [0.5, 0.6) is 0 Å². The van der Waals surface area contributed by atoms with Crippen LogP contribution in [0.1, 0.15) is 19.4 Å². The second-order valence-corrected chi connectivity index (χ2v) is 3.72. The number of hydrogen-bond donors (Lipinski definition) is 1. The van der Waals surface area contributed by atoms with Crippen LogP contribution in [0.15, 0.2) is 18.2 Å². The molecule has 0 aliphatic carbocycles. The van der Waals surface area contributed by atoms with Gasteiger partial charge in [-0.05, 0) is 26.0 Å². The number of anilines is 1. The molecule has 0 spiro atoms. The van der Waals surface area contributed by atoms with Crippen LogP contribution in [0.25, 0.3) is 0 Å². The number of benzene rings is 1. The molecule has 0 unspecified atom stereocenters. The fourth-order valence-corrected chi connectivity index (χ4v) is 1.81. The SMILES string of the molecule is CCOCCN(CC)c1cccc(F)c1CN. The smallest absolute Gasteiger partial charge is 0.129 e. The molecule has 4 heteroatoms. The van der Waals surface area contributed by atoms with Crippen molar-refractivity contribution in [3.63, 3.8) is 0 Å². The van der Waals surface area contributed by atoms with Gasteiger partial charge in [0, 0.05) is 37.5 Å². The molecule has 0 fully saturated rings. The molecule has 0 saturated heterocycles. The quantitative estimate of drug-likeness (QED) is 0.742. The Hall–Kier alpha value is -1.13. The summed E-state index contributed by atoms with van der Waals surface area (Å²) in [4.78, 5) is 2.08. The molecule has 1 aromatic carbocycles. The Bertz CT molecular complexity index is 344. The lowest BCUT2D eigenvalue weighted by atomic mass is 10.1. The normalized spacial score (nSPS) is 10.6. The number of likely N-dealkylation sites (N-methyl/N-ethyl adjacent to an activating group) is 1. The zero-order valence-electron chi connectivity index (χ0n) is 10.6. The van der Waals surface area contributed by atoms with Gasteiger partial charge in [-0.25, -0.2) is 4.39 Å². The van der Waals surface area contributed by atoms with Gasteiger partial charge in [0.15, 0.2) is 0 Å². The zero-order chi connectivity index (χ0) is 12.7. The molecule has 0 aliphatic heterocycles. The molecule has 1 aromatic rings. The number of nitrogens with two attached hydrogens (primary N) is 1. The van der Waals surface area contributed by atoms with Gasteiger partial charge >= 0.3 is 0 Å². The molecule has 0 heterocycles. The fraction of sp³-hybridized carbons (Fsp3) is 0.538. The molecule has 0 aliphatic rings. The van der Waals surface area contributed by atoms with Crippen LogP contribution in [0.4, 0.5) is 10.1 Å². The highest BCUT2D eigenvalue weighted by Gasteiger charge is 2.12. The van der Waals surface area contributed by atoms with Gasteiger partial charge in [-0.3, -0.25) is 0 Å². The summed E-state index contributed by atoms with van der Waals surface area (Å²) in [5.74, 6) is -0.236. The van der Waals surface area contributed by atoms with Gasteiger partial charge in [0.25, 0.3) is 0 Å². The number of halogens is 1. The largest absolute Gasteiger partial charge is 0.380 e. The van der Waals surface area contributed by atoms with Crippen molar-refractivity contribution in [2.45, 2.75) is 20.4 Å². The van der Waals surface area contributed by atoms with Crippen molar-refractivity contribution < 1.29 is 9.13 Å². The second-order valence-electron chi connectivity index (χ2n) is 3.72. The third-order valence-electron chi connectivity index (χ3n) is 2.73. The molecule has 3 nitrogen and oxygen atoms in total. The lowest BCUT2D eigenvalue weighted by Crippen LogP contribution is -2.28. The van der Waals surface area contributed by atoms with Crippen molar-refractivity contribution in [1.29, 1.82) is 0 Å². The summed E-state index contributed by atoms with van der Waals surface area (Å²) in [7, 11) is 0. The zero-order valence-corrected chi connectivity index (χ0v) is 10.6. The third kappa shape index (κ3) is 3.68. The molecule has 0 atom stereocenters. The predicted molar refractivity (Wildman–Crippen MR) is 68.7 cm³/mol. The standard InChI is InChI=1S/C13H21FN2O/c1-3-16(8-9-17-4-2)13-7-5-6-12(14)11(13)10-15/h5-7H,3-4,8-10,15H2,1-2H3. The Morgan fingerprint density at radius 2 is 2.12 bits per heavy atom. The lowest BCUT2D eigenvalue weighted by Gasteiger charge is -2.25. The summed E-state index contributed by atoms with van der Waals surface area (Å²) in [6.45, 7) is 7.12. The summed E-state index contributed by atoms with van der Waals surface area (Å²) >= 11 is 0. The van der Waals surface area contributed by atoms with Crippen LogP contribution in [-0.2, 0) is 11.3 Å². The molecule has 2 N–H and O–H groups in total. The van der Waals surface area contributed by atoms with Crippen LogP contribution < -0.4 is 10.6 Å². The average molecular weight is 240 g/mol. The molecule has 0 aromatic heterocycles. The topological polar surface area (TPSA) is 38.5 Å². The van der Waals surface area contributed by atoms with Crippen LogP contribution in [0.3, 0.4) is 0 Å². The summed E-state index contributed by atoms with van der Waals surface area (Å²) in [6.07, 6.45) is 0. The van der Waals surface area contributed by atoms with E-state index in [-0.39, 0.29) is 12.4 Å². The molecular weight excluding hydrogens is 219 g/mol. The van der Waals surface area contributed by atoms with Gasteiger partial charge in [0.05, 0.1) is 6.61 Å². The maximum Gasteiger partial charge on any atom is 0.129 e. The highest BCUT2D eigenvalue weighted by molar-refractivity contribution is 5.54. The van der Waals surface area contributed by atoms with Crippen molar-refractivity contribution in [3.05, 3.63) is 29.6 Å². The van der Waals surface area contributed by atoms with Crippen LogP contribution in [0, 0.1) is 5.82 Å². The minimum atomic E-state index is -0.236. The first-order valence-corrected chi connectivity index (χ1v) is 6.04. The highest BCUT2D eigenvalue weighted by atomic mass is 19.1. The van der Waals surface area contributed by atoms with E-state index in [9.17, 15) is 4.39 Å². The van der Waals surface area contributed by atoms with Crippen LogP contribution >= 0.6 is 0 Å². The van der Waals surface area contributed by atoms with Crippen LogP contribution in [-0.4, -0.2) is 26.3 Å². The van der Waals surface area contributed by atoms with Gasteiger partial charge in [0.1, 0.15) is 5.82 Å². The lowest BCUT2D eigenvalue weighted by molar-refractivity contribution is 0.154. The number of hydrogen-bond acceptors (Lipinski definition) is 3. The minimum absolute atomic E-state index is 0.215. The number of nitrogens with zero attached hydrogens (tertiary/aromatic N) is 1. The summed E-state index contributed by atoms with van der Waals surface area (Å²) < 4.78 is 18.9. The van der Waals surface area contributed by atoms with E-state index in [0.717, 1.165) is 18.8 Å². The monoisotopic (exact) mass is 240 g/mol. The van der Waals surface area contributed by atoms with E-state index in [1.54, 1.807) is 6.07 Å². The van der Waals surface area contributed by atoms with Gasteiger partial charge in [-0.2, -0.15) is 0 Å². The molecule has 17 heavy (non-hydrogen) atoms. The molecule has 0 radical (unpaired) electrons. The number of ether oxygens (including phenoxy) is 1. The fourth-order valence-electron chi connectivity index (χ4n) is 1.81. The Morgan fingerprint density at radius 1 is 1.35 bits per heavy atom. The van der Waals surface area contributed by atoms with E-state index in [4.69, 9.17) is 10.5 Å². The van der Waals surface area contributed by atoms with E-state index in [1.807, 2.05) is 19.9 Å². The maximum atomic E-state index is 13.6. The average Bonchev–Trinajstić information content (AvgIpc) is 2.34. The van der Waals surface area contributed by atoms with Gasteiger partial charge < -0.3 is 15.4 Å². The maximum absolute atomic E-state index is 13.6. The molecular formula is C13H21FN2O. The number of rotatable bonds is 7. The summed E-state index contributed by atoms with van der Waals surface area (Å²) in [5.41, 5.74) is 7.05. The Morgan fingerprint density at radius 3 is 2.71 bits per heavy atom. The van der Waals surface area contributed by atoms with E-state index < -0.39 is 0 Å². The molecule has 96 valence electrons. The summed E-state index contributed by atoms with van der Waals surface area (Å²) in [5, 5.41) is 0. The second kappa shape index (κ2) is 7.25. The molecule has 0 amide bonds. The van der Waals surface area contributed by atoms with Crippen LogP contribution in [0.2, 0.25) is 0 Å². The Balaban J connectivity index is 2.83. The van der Waals surface area contributed by atoms with Crippen molar-refractivity contribution in [2.24, 2.45) is 5.73 Å². The van der Waals surface area contributed by atoms with E-state index in [0.29, 0.717) is 18.8 Å². The van der Waals surface area contributed by atoms with Crippen molar-refractivity contribution in [1.82, 2.24) is 0 Å².